The average Bonchev–Trinajstić information content (AvgIpc) is 2.36. The van der Waals surface area contributed by atoms with E-state index in [-0.39, 0.29) is 5.91 Å². The first-order chi connectivity index (χ1) is 8.65. The maximum Gasteiger partial charge on any atom is 0.234 e. The summed E-state index contributed by atoms with van der Waals surface area (Å²) in [5.41, 5.74) is 1.14. The van der Waals surface area contributed by atoms with E-state index in [0.29, 0.717) is 13.1 Å². The lowest BCUT2D eigenvalue weighted by atomic mass is 10.1. The average molecular weight is 269 g/mol. The molecule has 0 atom stereocenters. The van der Waals surface area contributed by atoms with Crippen molar-refractivity contribution in [1.29, 1.82) is 0 Å². The molecule has 1 aromatic rings. The van der Waals surface area contributed by atoms with E-state index in [1.54, 1.807) is 0 Å². The lowest BCUT2D eigenvalue weighted by Crippen LogP contribution is -2.37. The number of carbonyl (C=O) groups is 1. The highest BCUT2D eigenvalue weighted by Crippen LogP contribution is 2.10. The van der Waals surface area contributed by atoms with Gasteiger partial charge in [-0.3, -0.25) is 9.69 Å². The number of hydrogen-bond donors (Lipinski definition) is 1. The van der Waals surface area contributed by atoms with E-state index >= 15 is 0 Å². The highest BCUT2D eigenvalue weighted by atomic mass is 35.5. The summed E-state index contributed by atoms with van der Waals surface area (Å²) in [5.74, 6) is 0.0840. The predicted molar refractivity (Wildman–Crippen MR) is 76.0 cm³/mol. The fraction of sp³-hybridized carbons (Fsp3) is 0.500. The van der Waals surface area contributed by atoms with Crippen LogP contribution in [0.25, 0.3) is 0 Å². The molecule has 1 aromatic carbocycles. The summed E-state index contributed by atoms with van der Waals surface area (Å²) in [6, 6.07) is 7.72. The Bertz CT molecular complexity index is 378. The summed E-state index contributed by atoms with van der Waals surface area (Å²) >= 11 is 5.90. The Morgan fingerprint density at radius 3 is 2.67 bits per heavy atom. The van der Waals surface area contributed by atoms with E-state index in [1.165, 1.54) is 0 Å². The van der Waals surface area contributed by atoms with Crippen LogP contribution in [0.15, 0.2) is 24.3 Å². The van der Waals surface area contributed by atoms with E-state index in [9.17, 15) is 4.79 Å². The molecule has 0 unspecified atom stereocenters. The van der Waals surface area contributed by atoms with Crippen molar-refractivity contribution in [3.8, 4) is 0 Å². The van der Waals surface area contributed by atoms with Crippen LogP contribution >= 0.6 is 11.6 Å². The molecule has 18 heavy (non-hydrogen) atoms. The lowest BCUT2D eigenvalue weighted by Gasteiger charge is -2.17. The van der Waals surface area contributed by atoms with Crippen LogP contribution in [0.2, 0.25) is 5.02 Å². The zero-order valence-corrected chi connectivity index (χ0v) is 11.8. The van der Waals surface area contributed by atoms with Crippen LogP contribution in [-0.4, -0.2) is 37.0 Å². The third-order valence-corrected chi connectivity index (χ3v) is 3.12. The quantitative estimate of drug-likeness (QED) is 0.823. The molecular weight excluding hydrogens is 248 g/mol. The molecule has 0 aliphatic heterocycles. The van der Waals surface area contributed by atoms with Gasteiger partial charge in [-0.25, -0.2) is 0 Å². The second kappa shape index (κ2) is 8.11. The molecule has 1 N–H and O–H groups in total. The monoisotopic (exact) mass is 268 g/mol. The third kappa shape index (κ3) is 5.52. The topological polar surface area (TPSA) is 32.3 Å². The van der Waals surface area contributed by atoms with Gasteiger partial charge in [0.1, 0.15) is 0 Å². The van der Waals surface area contributed by atoms with Crippen LogP contribution in [0.5, 0.6) is 0 Å². The molecule has 100 valence electrons. The van der Waals surface area contributed by atoms with Crippen molar-refractivity contribution in [3.05, 3.63) is 34.9 Å². The van der Waals surface area contributed by atoms with Gasteiger partial charge in [0.15, 0.2) is 0 Å². The Balaban J connectivity index is 2.27. The van der Waals surface area contributed by atoms with Gasteiger partial charge < -0.3 is 5.32 Å². The highest BCUT2D eigenvalue weighted by molar-refractivity contribution is 6.30. The number of halogens is 1. The number of amides is 1. The third-order valence-electron chi connectivity index (χ3n) is 2.89. The molecule has 0 radical (unpaired) electrons. The van der Waals surface area contributed by atoms with Gasteiger partial charge in [-0.05, 0) is 37.2 Å². The van der Waals surface area contributed by atoms with Gasteiger partial charge in [-0.15, -0.1) is 0 Å². The lowest BCUT2D eigenvalue weighted by molar-refractivity contribution is -0.122. The number of carbonyl (C=O) groups excluding carboxylic acids is 1. The van der Waals surface area contributed by atoms with E-state index < -0.39 is 0 Å². The SMILES string of the molecule is CCN(CC)CC(=O)NCCc1cccc(Cl)c1. The van der Waals surface area contributed by atoms with Crippen LogP contribution in [0.4, 0.5) is 0 Å². The first kappa shape index (κ1) is 15.0. The zero-order valence-electron chi connectivity index (χ0n) is 11.1. The summed E-state index contributed by atoms with van der Waals surface area (Å²) in [5, 5.41) is 3.66. The first-order valence-corrected chi connectivity index (χ1v) is 6.77. The van der Waals surface area contributed by atoms with Gasteiger partial charge in [0, 0.05) is 11.6 Å². The normalized spacial score (nSPS) is 10.7. The predicted octanol–water partition coefficient (Wildman–Crippen LogP) is 2.34. The van der Waals surface area contributed by atoms with E-state index in [1.807, 2.05) is 24.3 Å². The molecule has 4 heteroatoms. The number of nitrogens with one attached hydrogen (secondary N) is 1. The van der Waals surface area contributed by atoms with Crippen LogP contribution in [0.1, 0.15) is 19.4 Å². The molecule has 1 rings (SSSR count). The molecule has 0 saturated carbocycles. The fourth-order valence-electron chi connectivity index (χ4n) is 1.74. The van der Waals surface area contributed by atoms with Crippen molar-refractivity contribution in [2.75, 3.05) is 26.2 Å². The van der Waals surface area contributed by atoms with Gasteiger partial charge in [0.05, 0.1) is 6.54 Å². The molecule has 0 aliphatic carbocycles. The number of nitrogens with zero attached hydrogens (tertiary/aromatic N) is 1. The smallest absolute Gasteiger partial charge is 0.234 e. The standard InChI is InChI=1S/C14H21ClN2O/c1-3-17(4-2)11-14(18)16-9-8-12-6-5-7-13(15)10-12/h5-7,10H,3-4,8-9,11H2,1-2H3,(H,16,18). The number of benzene rings is 1. The van der Waals surface area contributed by atoms with Gasteiger partial charge in [0.25, 0.3) is 0 Å². The second-order valence-corrected chi connectivity index (χ2v) is 4.63. The molecule has 0 heterocycles. The maximum atomic E-state index is 11.6. The van der Waals surface area contributed by atoms with E-state index in [4.69, 9.17) is 11.6 Å². The first-order valence-electron chi connectivity index (χ1n) is 6.39. The van der Waals surface area contributed by atoms with Crippen molar-refractivity contribution < 1.29 is 4.79 Å². The van der Waals surface area contributed by atoms with E-state index in [2.05, 4.69) is 24.1 Å². The Labute approximate surface area is 114 Å². The molecule has 0 bridgehead atoms. The van der Waals surface area contributed by atoms with Crippen LogP contribution in [0.3, 0.4) is 0 Å². The molecule has 0 spiro atoms. The van der Waals surface area contributed by atoms with E-state index in [0.717, 1.165) is 30.1 Å². The molecule has 0 fully saturated rings. The minimum Gasteiger partial charge on any atom is -0.355 e. The van der Waals surface area contributed by atoms with Gasteiger partial charge >= 0.3 is 0 Å². The molecule has 0 saturated heterocycles. The van der Waals surface area contributed by atoms with Crippen molar-refractivity contribution in [1.82, 2.24) is 10.2 Å². The van der Waals surface area contributed by atoms with Gasteiger partial charge in [-0.2, -0.15) is 0 Å². The summed E-state index contributed by atoms with van der Waals surface area (Å²) < 4.78 is 0. The van der Waals surface area contributed by atoms with Crippen molar-refractivity contribution >= 4 is 17.5 Å². The number of hydrogen-bond acceptors (Lipinski definition) is 2. The maximum absolute atomic E-state index is 11.6. The minimum absolute atomic E-state index is 0.0840. The number of rotatable bonds is 7. The van der Waals surface area contributed by atoms with Crippen LogP contribution in [0, 0.1) is 0 Å². The van der Waals surface area contributed by atoms with Crippen molar-refractivity contribution in [3.63, 3.8) is 0 Å². The molecule has 1 amide bonds. The Kier molecular flexibility index (Phi) is 6.76. The van der Waals surface area contributed by atoms with Crippen LogP contribution < -0.4 is 5.32 Å². The summed E-state index contributed by atoms with van der Waals surface area (Å²) in [6.07, 6.45) is 0.810. The van der Waals surface area contributed by atoms with Crippen molar-refractivity contribution in [2.45, 2.75) is 20.3 Å². The van der Waals surface area contributed by atoms with Crippen molar-refractivity contribution in [2.24, 2.45) is 0 Å². The van der Waals surface area contributed by atoms with Gasteiger partial charge in [0.2, 0.25) is 5.91 Å². The van der Waals surface area contributed by atoms with Gasteiger partial charge in [-0.1, -0.05) is 37.6 Å². The Hall–Kier alpha value is -1.06. The Morgan fingerprint density at radius 1 is 1.33 bits per heavy atom. The molecule has 0 aromatic heterocycles. The highest BCUT2D eigenvalue weighted by Gasteiger charge is 2.06. The van der Waals surface area contributed by atoms with Crippen LogP contribution in [-0.2, 0) is 11.2 Å². The Morgan fingerprint density at radius 2 is 2.06 bits per heavy atom. The second-order valence-electron chi connectivity index (χ2n) is 4.19. The summed E-state index contributed by atoms with van der Waals surface area (Å²) in [4.78, 5) is 13.7. The molecule has 0 aliphatic rings. The molecule has 3 nitrogen and oxygen atoms in total. The summed E-state index contributed by atoms with van der Waals surface area (Å²) in [6.45, 7) is 7.05. The zero-order chi connectivity index (χ0) is 13.4. The molecular formula is C14H21ClN2O. The minimum atomic E-state index is 0.0840. The summed E-state index contributed by atoms with van der Waals surface area (Å²) in [7, 11) is 0. The number of likely N-dealkylation sites (N-methyl/N-ethyl adjacent to an activating group) is 1. The largest absolute Gasteiger partial charge is 0.355 e. The fourth-order valence-corrected chi connectivity index (χ4v) is 1.96.